The molecule has 0 radical (unpaired) electrons. The lowest BCUT2D eigenvalue weighted by Gasteiger charge is -1.98. The van der Waals surface area contributed by atoms with E-state index in [0.717, 1.165) is 83.1 Å². The Balaban J connectivity index is 0.000000181. The Kier molecular flexibility index (Phi) is 7.69. The van der Waals surface area contributed by atoms with Gasteiger partial charge in [0.05, 0.1) is 22.1 Å². The number of rotatable bonds is 6. The van der Waals surface area contributed by atoms with Gasteiger partial charge in [0.15, 0.2) is 0 Å². The average Bonchev–Trinajstić information content (AvgIpc) is 3.27. The summed E-state index contributed by atoms with van der Waals surface area (Å²) in [6.45, 7) is 8.05. The molecule has 0 amide bonds. The zero-order valence-corrected chi connectivity index (χ0v) is 20.2. The van der Waals surface area contributed by atoms with E-state index in [1.165, 1.54) is 0 Å². The number of carbonyl (C=O) groups is 2. The summed E-state index contributed by atoms with van der Waals surface area (Å²) in [5.41, 5.74) is 6.62. The van der Waals surface area contributed by atoms with Crippen LogP contribution in [0.4, 0.5) is 0 Å². The van der Waals surface area contributed by atoms with Gasteiger partial charge in [-0.05, 0) is 62.1 Å². The van der Waals surface area contributed by atoms with Crippen molar-refractivity contribution in [3.63, 3.8) is 0 Å². The molecule has 168 valence electrons. The van der Waals surface area contributed by atoms with E-state index in [4.69, 9.17) is 23.6 Å². The summed E-state index contributed by atoms with van der Waals surface area (Å²) in [6, 6.07) is 7.20. The van der Waals surface area contributed by atoms with E-state index in [9.17, 15) is 9.59 Å². The largest absolute Gasteiger partial charge is 0.298 e. The van der Waals surface area contributed by atoms with Gasteiger partial charge in [0.1, 0.15) is 24.2 Å². The van der Waals surface area contributed by atoms with Crippen LogP contribution in [0.2, 0.25) is 0 Å². The van der Waals surface area contributed by atoms with Crippen molar-refractivity contribution < 1.29 is 9.59 Å². The number of aldehydes is 2. The fourth-order valence-corrected chi connectivity index (χ4v) is 4.18. The number of fused-ring (bicyclic) bond motifs is 2. The Hall–Kier alpha value is -2.70. The monoisotopic (exact) mass is 472 g/mol. The average molecular weight is 473 g/mol. The fourth-order valence-electron chi connectivity index (χ4n) is 3.68. The maximum Gasteiger partial charge on any atom is 0.150 e. The zero-order valence-electron chi connectivity index (χ0n) is 18.7. The first-order chi connectivity index (χ1) is 15.3. The first-order valence-corrected chi connectivity index (χ1v) is 11.3. The Morgan fingerprint density at radius 3 is 1.44 bits per heavy atom. The van der Waals surface area contributed by atoms with Crippen LogP contribution in [-0.4, -0.2) is 30.7 Å². The van der Waals surface area contributed by atoms with Gasteiger partial charge >= 0.3 is 0 Å². The number of hydrogen-bond acceptors (Lipinski definition) is 4. The summed E-state index contributed by atoms with van der Waals surface area (Å²) in [6.07, 6.45) is 5.33. The van der Waals surface area contributed by atoms with E-state index in [0.29, 0.717) is 11.1 Å². The number of carbonyl (C=O) groups excluding carboxylic acids is 2. The number of hydrogen-bond donors (Lipinski definition) is 0. The molecular weight excluding hydrogens is 447 g/mol. The smallest absolute Gasteiger partial charge is 0.150 e. The Labute approximate surface area is 197 Å². The second-order valence-electron chi connectivity index (χ2n) is 7.76. The molecule has 4 rings (SSSR count). The lowest BCUT2D eigenvalue weighted by atomic mass is 10.1. The quantitative estimate of drug-likeness (QED) is 0.312. The van der Waals surface area contributed by atoms with Crippen molar-refractivity contribution >= 4 is 58.2 Å². The van der Waals surface area contributed by atoms with Crippen LogP contribution in [0.25, 0.3) is 22.1 Å². The fraction of sp³-hybridized carbons (Fsp3) is 0.333. The molecule has 0 aliphatic carbocycles. The number of aryl methyl sites for hydroxylation is 4. The van der Waals surface area contributed by atoms with Crippen LogP contribution in [0, 0.1) is 13.8 Å². The molecule has 2 heterocycles. The zero-order chi connectivity index (χ0) is 23.4. The van der Waals surface area contributed by atoms with Crippen molar-refractivity contribution in [2.24, 2.45) is 0 Å². The van der Waals surface area contributed by atoms with Crippen LogP contribution in [0.3, 0.4) is 0 Å². The number of nitrogens with zero attached hydrogens (tertiary/aromatic N) is 4. The molecule has 0 aliphatic heterocycles. The van der Waals surface area contributed by atoms with E-state index in [-0.39, 0.29) is 0 Å². The number of halogens is 2. The maximum atomic E-state index is 10.8. The molecule has 0 fully saturated rings. The third-order valence-electron chi connectivity index (χ3n) is 5.18. The predicted molar refractivity (Wildman–Crippen MR) is 130 cm³/mol. The van der Waals surface area contributed by atoms with Gasteiger partial charge in [-0.3, -0.25) is 9.59 Å². The van der Waals surface area contributed by atoms with Gasteiger partial charge in [0.25, 0.3) is 0 Å². The molecule has 2 aromatic carbocycles. The first-order valence-electron chi connectivity index (χ1n) is 10.6. The molecule has 0 bridgehead atoms. The van der Waals surface area contributed by atoms with Crippen LogP contribution < -0.4 is 0 Å². The summed E-state index contributed by atoms with van der Waals surface area (Å²) in [5.74, 6) is 1.70. The highest BCUT2D eigenvalue weighted by atomic mass is 35.5. The predicted octanol–water partition coefficient (Wildman–Crippen LogP) is 6.22. The molecule has 0 saturated heterocycles. The number of imidazole rings is 2. The molecule has 32 heavy (non-hydrogen) atoms. The van der Waals surface area contributed by atoms with Crippen molar-refractivity contribution in [1.82, 2.24) is 18.1 Å². The summed E-state index contributed by atoms with van der Waals surface area (Å²) < 4.78 is 3.11. The van der Waals surface area contributed by atoms with Gasteiger partial charge in [-0.15, -0.1) is 0 Å². The highest BCUT2D eigenvalue weighted by Gasteiger charge is 2.12. The summed E-state index contributed by atoms with van der Waals surface area (Å²) in [7, 11) is 0. The molecule has 0 unspecified atom stereocenters. The van der Waals surface area contributed by atoms with Crippen LogP contribution in [0.1, 0.15) is 70.2 Å². The second kappa shape index (κ2) is 10.3. The van der Waals surface area contributed by atoms with Crippen LogP contribution in [-0.2, 0) is 12.8 Å². The van der Waals surface area contributed by atoms with E-state index >= 15 is 0 Å². The van der Waals surface area contributed by atoms with Gasteiger partial charge < -0.3 is 0 Å². The molecule has 2 aromatic heterocycles. The van der Waals surface area contributed by atoms with E-state index in [1.54, 1.807) is 20.3 Å². The van der Waals surface area contributed by atoms with Crippen LogP contribution in [0.5, 0.6) is 0 Å². The van der Waals surface area contributed by atoms with Crippen molar-refractivity contribution in [3.05, 3.63) is 58.2 Å². The second-order valence-corrected chi connectivity index (χ2v) is 8.44. The molecule has 6 nitrogen and oxygen atoms in total. The Bertz CT molecular complexity index is 1190. The lowest BCUT2D eigenvalue weighted by Crippen LogP contribution is -1.91. The maximum absolute atomic E-state index is 10.8. The van der Waals surface area contributed by atoms with E-state index in [2.05, 4.69) is 23.8 Å². The van der Waals surface area contributed by atoms with Gasteiger partial charge in [0, 0.05) is 47.5 Å². The van der Waals surface area contributed by atoms with Crippen molar-refractivity contribution in [2.45, 2.75) is 53.4 Å². The van der Waals surface area contributed by atoms with Crippen LogP contribution >= 0.6 is 23.6 Å². The van der Waals surface area contributed by atoms with Crippen molar-refractivity contribution in [1.29, 1.82) is 0 Å². The van der Waals surface area contributed by atoms with Gasteiger partial charge in [0.2, 0.25) is 0 Å². The number of aromatic nitrogens is 4. The van der Waals surface area contributed by atoms with Gasteiger partial charge in [-0.25, -0.2) is 18.1 Å². The molecule has 0 N–H and O–H groups in total. The minimum Gasteiger partial charge on any atom is -0.298 e. The minimum atomic E-state index is 0.634. The lowest BCUT2D eigenvalue weighted by molar-refractivity contribution is 0.111. The molecular formula is C24H26Cl2N4O2. The van der Waals surface area contributed by atoms with Crippen molar-refractivity contribution in [2.75, 3.05) is 0 Å². The molecule has 8 heteroatoms. The molecule has 0 spiro atoms. The molecule has 0 saturated carbocycles. The third-order valence-corrected chi connectivity index (χ3v) is 5.94. The van der Waals surface area contributed by atoms with Crippen molar-refractivity contribution in [3.8, 4) is 0 Å². The highest BCUT2D eigenvalue weighted by Crippen LogP contribution is 2.24. The summed E-state index contributed by atoms with van der Waals surface area (Å²) in [4.78, 5) is 30.5. The normalized spacial score (nSPS) is 10.9. The topological polar surface area (TPSA) is 69.8 Å². The molecule has 0 atom stereocenters. The van der Waals surface area contributed by atoms with E-state index < -0.39 is 0 Å². The number of benzene rings is 2. The van der Waals surface area contributed by atoms with Gasteiger partial charge in [-0.1, -0.05) is 13.8 Å². The summed E-state index contributed by atoms with van der Waals surface area (Å²) >= 11 is 12.4. The first kappa shape index (κ1) is 24.0. The molecule has 0 aliphatic rings. The SMILES string of the molecule is CCCc1nc2c(C)cc(C=O)cc2n1Cl.CCCc1nc2c(C)cc(C=O)cc2n1Cl. The van der Waals surface area contributed by atoms with Gasteiger partial charge in [-0.2, -0.15) is 0 Å². The summed E-state index contributed by atoms with van der Waals surface area (Å²) in [5, 5.41) is 0. The third kappa shape index (κ3) is 4.71. The highest BCUT2D eigenvalue weighted by molar-refractivity contribution is 6.20. The van der Waals surface area contributed by atoms with E-state index in [1.807, 2.05) is 26.0 Å². The minimum absolute atomic E-state index is 0.634. The molecule has 4 aromatic rings. The Morgan fingerprint density at radius 1 is 0.750 bits per heavy atom. The Morgan fingerprint density at radius 2 is 1.12 bits per heavy atom. The standard InChI is InChI=1S/2C12H13ClN2O/c2*1-3-4-11-14-12-8(2)5-9(7-16)6-10(12)15(11)13/h2*5-7H,3-4H2,1-2H3. The van der Waals surface area contributed by atoms with Crippen LogP contribution in [0.15, 0.2) is 24.3 Å².